The molecule has 3 aliphatic heterocycles. The molecule has 6 nitrogen and oxygen atoms in total. The number of fused-ring (bicyclic) bond motifs is 3. The summed E-state index contributed by atoms with van der Waals surface area (Å²) in [6.45, 7) is 2.60. The Morgan fingerprint density at radius 1 is 1.10 bits per heavy atom. The summed E-state index contributed by atoms with van der Waals surface area (Å²) in [7, 11) is 1.29. The fourth-order valence-electron chi connectivity index (χ4n) is 4.22. The number of methoxy groups -OCH3 is 1. The van der Waals surface area contributed by atoms with Crippen molar-refractivity contribution >= 4 is 17.7 Å². The lowest BCUT2D eigenvalue weighted by Gasteiger charge is -2.44. The van der Waals surface area contributed by atoms with Gasteiger partial charge in [-0.3, -0.25) is 9.80 Å². The largest absolute Gasteiger partial charge is 0.465 e. The predicted molar refractivity (Wildman–Crippen MR) is 110 cm³/mol. The van der Waals surface area contributed by atoms with Gasteiger partial charge in [0.2, 0.25) is 0 Å². The molecule has 2 bridgehead atoms. The van der Waals surface area contributed by atoms with Gasteiger partial charge in [0.05, 0.1) is 24.9 Å². The first-order valence-electron chi connectivity index (χ1n) is 10.3. The van der Waals surface area contributed by atoms with E-state index in [9.17, 15) is 18.4 Å². The standard InChI is InChI=1S/C23H24F2N2O4/c1-30-22(28)17-4-2-15(3-5-17)13-27(20-12-18(24)6-7-19(20)25)23(29)31-21-14-26-10-8-16(21)9-11-26/h2-7,12,16,21H,8-11,13-14H2,1H3/t21-/m0/s1. The number of piperidine rings is 3. The second-order valence-corrected chi connectivity index (χ2v) is 7.93. The van der Waals surface area contributed by atoms with E-state index in [-0.39, 0.29) is 24.3 Å². The first kappa shape index (κ1) is 21.2. The molecule has 0 saturated carbocycles. The van der Waals surface area contributed by atoms with Crippen LogP contribution in [0.4, 0.5) is 19.3 Å². The summed E-state index contributed by atoms with van der Waals surface area (Å²) in [6.07, 6.45) is 0.929. The maximum absolute atomic E-state index is 14.5. The zero-order valence-corrected chi connectivity index (χ0v) is 17.2. The number of nitrogens with zero attached hydrogens (tertiary/aromatic N) is 2. The Labute approximate surface area is 179 Å². The van der Waals surface area contributed by atoms with Crippen molar-refractivity contribution in [3.05, 3.63) is 65.2 Å². The van der Waals surface area contributed by atoms with Crippen molar-refractivity contribution in [1.82, 2.24) is 4.90 Å². The van der Waals surface area contributed by atoms with Crippen molar-refractivity contribution < 1.29 is 27.8 Å². The fourth-order valence-corrected chi connectivity index (χ4v) is 4.22. The molecule has 31 heavy (non-hydrogen) atoms. The molecule has 2 aromatic rings. The van der Waals surface area contributed by atoms with Crippen molar-refractivity contribution in [2.45, 2.75) is 25.5 Å². The molecular formula is C23H24F2N2O4. The lowest BCUT2D eigenvalue weighted by molar-refractivity contribution is -0.0311. The van der Waals surface area contributed by atoms with Crippen LogP contribution in [0.25, 0.3) is 0 Å². The molecule has 3 aliphatic rings. The van der Waals surface area contributed by atoms with Gasteiger partial charge in [0, 0.05) is 12.6 Å². The molecule has 0 spiro atoms. The molecule has 0 aromatic heterocycles. The fraction of sp³-hybridized carbons (Fsp3) is 0.391. The number of anilines is 1. The second kappa shape index (κ2) is 9.01. The minimum Gasteiger partial charge on any atom is -0.465 e. The first-order chi connectivity index (χ1) is 14.9. The van der Waals surface area contributed by atoms with Crippen LogP contribution in [0.5, 0.6) is 0 Å². The molecular weight excluding hydrogens is 406 g/mol. The molecule has 0 aliphatic carbocycles. The summed E-state index contributed by atoms with van der Waals surface area (Å²) >= 11 is 0. The van der Waals surface area contributed by atoms with E-state index in [1.807, 2.05) is 0 Å². The van der Waals surface area contributed by atoms with Crippen molar-refractivity contribution in [1.29, 1.82) is 0 Å². The van der Waals surface area contributed by atoms with E-state index in [1.54, 1.807) is 24.3 Å². The van der Waals surface area contributed by atoms with E-state index in [2.05, 4.69) is 9.64 Å². The van der Waals surface area contributed by atoms with Crippen LogP contribution in [0.2, 0.25) is 0 Å². The quantitative estimate of drug-likeness (QED) is 0.672. The molecule has 0 N–H and O–H groups in total. The van der Waals surface area contributed by atoms with Crippen LogP contribution in [0.3, 0.4) is 0 Å². The zero-order valence-electron chi connectivity index (χ0n) is 17.2. The van der Waals surface area contributed by atoms with Gasteiger partial charge in [-0.25, -0.2) is 18.4 Å². The summed E-state index contributed by atoms with van der Waals surface area (Å²) < 4.78 is 38.9. The van der Waals surface area contributed by atoms with Gasteiger partial charge in [-0.05, 0) is 61.7 Å². The van der Waals surface area contributed by atoms with Crippen LogP contribution in [0, 0.1) is 17.6 Å². The summed E-state index contributed by atoms with van der Waals surface area (Å²) in [5.74, 6) is -1.58. The van der Waals surface area contributed by atoms with E-state index in [0.29, 0.717) is 17.7 Å². The first-order valence-corrected chi connectivity index (χ1v) is 10.3. The van der Waals surface area contributed by atoms with E-state index in [1.165, 1.54) is 7.11 Å². The molecule has 5 rings (SSSR count). The molecule has 1 amide bonds. The van der Waals surface area contributed by atoms with Gasteiger partial charge < -0.3 is 9.47 Å². The molecule has 2 aromatic carbocycles. The molecule has 3 fully saturated rings. The van der Waals surface area contributed by atoms with Crippen molar-refractivity contribution in [3.8, 4) is 0 Å². The lowest BCUT2D eigenvalue weighted by atomic mass is 9.86. The van der Waals surface area contributed by atoms with E-state index < -0.39 is 23.7 Å². The van der Waals surface area contributed by atoms with Crippen molar-refractivity contribution in [2.75, 3.05) is 31.6 Å². The molecule has 0 unspecified atom stereocenters. The molecule has 3 heterocycles. The SMILES string of the molecule is COC(=O)c1ccc(CN(C(=O)O[C@H]2CN3CCC2CC3)c2cc(F)ccc2F)cc1. The van der Waals surface area contributed by atoms with Crippen LogP contribution in [0.15, 0.2) is 42.5 Å². The minimum absolute atomic E-state index is 0.0399. The highest BCUT2D eigenvalue weighted by Crippen LogP contribution is 2.31. The summed E-state index contributed by atoms with van der Waals surface area (Å²) in [5.41, 5.74) is 0.787. The van der Waals surface area contributed by atoms with Gasteiger partial charge in [0.15, 0.2) is 0 Å². The summed E-state index contributed by atoms with van der Waals surface area (Å²) in [4.78, 5) is 28.1. The number of carbonyl (C=O) groups excluding carboxylic acids is 2. The predicted octanol–water partition coefficient (Wildman–Crippen LogP) is 3.99. The molecule has 0 radical (unpaired) electrons. The third kappa shape index (κ3) is 4.69. The monoisotopic (exact) mass is 430 g/mol. The topological polar surface area (TPSA) is 59.1 Å². The highest BCUT2D eigenvalue weighted by molar-refractivity contribution is 5.90. The van der Waals surface area contributed by atoms with Crippen molar-refractivity contribution in [2.24, 2.45) is 5.92 Å². The minimum atomic E-state index is -0.724. The average Bonchev–Trinajstić information content (AvgIpc) is 2.80. The van der Waals surface area contributed by atoms with Crippen LogP contribution < -0.4 is 4.90 Å². The number of hydrogen-bond donors (Lipinski definition) is 0. The van der Waals surface area contributed by atoms with Crippen LogP contribution in [-0.4, -0.2) is 49.8 Å². The third-order valence-corrected chi connectivity index (χ3v) is 5.98. The number of amides is 1. The zero-order chi connectivity index (χ0) is 22.0. The Kier molecular flexibility index (Phi) is 6.18. The molecule has 3 saturated heterocycles. The van der Waals surface area contributed by atoms with Gasteiger partial charge in [-0.2, -0.15) is 0 Å². The van der Waals surface area contributed by atoms with Gasteiger partial charge in [-0.15, -0.1) is 0 Å². The van der Waals surface area contributed by atoms with Gasteiger partial charge in [-0.1, -0.05) is 12.1 Å². The highest BCUT2D eigenvalue weighted by atomic mass is 19.1. The summed E-state index contributed by atoms with van der Waals surface area (Å²) in [5, 5.41) is 0. The smallest absolute Gasteiger partial charge is 0.415 e. The van der Waals surface area contributed by atoms with E-state index >= 15 is 0 Å². The second-order valence-electron chi connectivity index (χ2n) is 7.93. The number of carbonyl (C=O) groups is 2. The number of benzene rings is 2. The normalized spacial score (nSPS) is 22.1. The van der Waals surface area contributed by atoms with E-state index in [4.69, 9.17) is 4.74 Å². The van der Waals surface area contributed by atoms with Gasteiger partial charge >= 0.3 is 12.1 Å². The Balaban J connectivity index is 1.57. The third-order valence-electron chi connectivity index (χ3n) is 5.98. The number of esters is 1. The average molecular weight is 430 g/mol. The Hall–Kier alpha value is -3.00. The number of ether oxygens (including phenoxy) is 2. The van der Waals surface area contributed by atoms with Crippen LogP contribution in [0.1, 0.15) is 28.8 Å². The Morgan fingerprint density at radius 3 is 2.42 bits per heavy atom. The summed E-state index contributed by atoms with van der Waals surface area (Å²) in [6, 6.07) is 9.35. The van der Waals surface area contributed by atoms with E-state index in [0.717, 1.165) is 49.0 Å². The molecule has 8 heteroatoms. The lowest BCUT2D eigenvalue weighted by Crippen LogP contribution is -2.53. The maximum atomic E-state index is 14.5. The highest BCUT2D eigenvalue weighted by Gasteiger charge is 2.37. The molecule has 1 atom stereocenters. The van der Waals surface area contributed by atoms with Crippen LogP contribution in [-0.2, 0) is 16.0 Å². The van der Waals surface area contributed by atoms with Crippen molar-refractivity contribution in [3.63, 3.8) is 0 Å². The number of halogens is 2. The Bertz CT molecular complexity index is 959. The van der Waals surface area contributed by atoms with Gasteiger partial charge in [0.25, 0.3) is 0 Å². The number of hydrogen-bond acceptors (Lipinski definition) is 5. The maximum Gasteiger partial charge on any atom is 0.415 e. The Morgan fingerprint density at radius 2 is 1.81 bits per heavy atom. The van der Waals surface area contributed by atoms with Crippen LogP contribution >= 0.6 is 0 Å². The number of rotatable bonds is 5. The molecule has 164 valence electrons. The van der Waals surface area contributed by atoms with Gasteiger partial charge in [0.1, 0.15) is 17.7 Å².